The maximum absolute atomic E-state index is 5.46. The first-order chi connectivity index (χ1) is 8.69. The van der Waals surface area contributed by atoms with E-state index in [2.05, 4.69) is 20.7 Å². The summed E-state index contributed by atoms with van der Waals surface area (Å²) < 4.78 is 5.46. The van der Waals surface area contributed by atoms with E-state index in [4.69, 9.17) is 10.6 Å². The van der Waals surface area contributed by atoms with Gasteiger partial charge in [-0.05, 0) is 26.7 Å². The summed E-state index contributed by atoms with van der Waals surface area (Å²) in [6, 6.07) is 1.81. The van der Waals surface area contributed by atoms with Crippen molar-refractivity contribution in [1.29, 1.82) is 0 Å². The summed E-state index contributed by atoms with van der Waals surface area (Å²) in [6.45, 7) is 5.42. The van der Waals surface area contributed by atoms with Gasteiger partial charge in [0.15, 0.2) is 0 Å². The van der Waals surface area contributed by atoms with Crippen LogP contribution >= 0.6 is 0 Å². The van der Waals surface area contributed by atoms with E-state index in [1.54, 1.807) is 6.07 Å². The van der Waals surface area contributed by atoms with Crippen LogP contribution in [0.25, 0.3) is 0 Å². The minimum Gasteiger partial charge on any atom is -0.377 e. The Morgan fingerprint density at radius 1 is 1.39 bits per heavy atom. The molecule has 1 aromatic rings. The van der Waals surface area contributed by atoms with Crippen molar-refractivity contribution in [3.05, 3.63) is 11.9 Å². The lowest BCUT2D eigenvalue weighted by Crippen LogP contribution is -2.16. The molecule has 1 aliphatic carbocycles. The van der Waals surface area contributed by atoms with Crippen molar-refractivity contribution in [2.75, 3.05) is 23.9 Å². The van der Waals surface area contributed by atoms with Crippen molar-refractivity contribution in [3.8, 4) is 0 Å². The fourth-order valence-corrected chi connectivity index (χ4v) is 1.63. The number of aromatic nitrogens is 2. The summed E-state index contributed by atoms with van der Waals surface area (Å²) >= 11 is 0. The van der Waals surface area contributed by atoms with Crippen LogP contribution in [0.4, 0.5) is 11.6 Å². The van der Waals surface area contributed by atoms with Gasteiger partial charge in [0.1, 0.15) is 17.5 Å². The zero-order valence-electron chi connectivity index (χ0n) is 10.9. The van der Waals surface area contributed by atoms with E-state index in [0.717, 1.165) is 18.2 Å². The van der Waals surface area contributed by atoms with Crippen LogP contribution in [0.3, 0.4) is 0 Å². The highest BCUT2D eigenvalue weighted by atomic mass is 16.5. The van der Waals surface area contributed by atoms with E-state index in [1.807, 2.05) is 13.8 Å². The van der Waals surface area contributed by atoms with Crippen LogP contribution in [0.1, 0.15) is 38.4 Å². The van der Waals surface area contributed by atoms with Gasteiger partial charge in [-0.25, -0.2) is 15.8 Å². The molecule has 4 N–H and O–H groups in total. The molecule has 0 bridgehead atoms. The molecule has 1 aliphatic rings. The Kier molecular flexibility index (Phi) is 4.33. The Labute approximate surface area is 107 Å². The number of hydrogen-bond donors (Lipinski definition) is 3. The summed E-state index contributed by atoms with van der Waals surface area (Å²) in [5.41, 5.74) is 2.58. The Balaban J connectivity index is 1.92. The number of anilines is 2. The second kappa shape index (κ2) is 5.97. The van der Waals surface area contributed by atoms with Crippen molar-refractivity contribution in [2.45, 2.75) is 38.7 Å². The van der Waals surface area contributed by atoms with Crippen LogP contribution in [-0.2, 0) is 4.74 Å². The highest BCUT2D eigenvalue weighted by molar-refractivity contribution is 5.47. The molecule has 0 atom stereocenters. The van der Waals surface area contributed by atoms with E-state index < -0.39 is 0 Å². The Hall–Kier alpha value is -1.40. The Bertz CT molecular complexity index is 392. The number of ether oxygens (including phenoxy) is 1. The van der Waals surface area contributed by atoms with Gasteiger partial charge in [-0.15, -0.1) is 0 Å². The summed E-state index contributed by atoms with van der Waals surface area (Å²) in [6.07, 6.45) is 2.59. The maximum Gasteiger partial charge on any atom is 0.145 e. The van der Waals surface area contributed by atoms with Crippen LogP contribution < -0.4 is 16.6 Å². The molecule has 0 radical (unpaired) electrons. The Morgan fingerprint density at radius 3 is 2.72 bits per heavy atom. The number of rotatable bonds is 7. The molecule has 1 saturated carbocycles. The standard InChI is InChI=1S/C12H21N5O/c1-8(2)18-6-5-14-10-7-11(17-13)16-12(15-10)9-3-4-9/h7-9H,3-6,13H2,1-2H3,(H2,14,15,16,17). The van der Waals surface area contributed by atoms with Gasteiger partial charge >= 0.3 is 0 Å². The van der Waals surface area contributed by atoms with Crippen molar-refractivity contribution in [2.24, 2.45) is 5.84 Å². The number of nitrogen functional groups attached to an aromatic ring is 1. The van der Waals surface area contributed by atoms with E-state index >= 15 is 0 Å². The van der Waals surface area contributed by atoms with Gasteiger partial charge in [-0.3, -0.25) is 0 Å². The average molecular weight is 251 g/mol. The molecular weight excluding hydrogens is 230 g/mol. The normalized spacial score (nSPS) is 14.9. The largest absolute Gasteiger partial charge is 0.377 e. The smallest absolute Gasteiger partial charge is 0.145 e. The van der Waals surface area contributed by atoms with E-state index in [-0.39, 0.29) is 6.10 Å². The van der Waals surface area contributed by atoms with Crippen LogP contribution in [0.5, 0.6) is 0 Å². The van der Waals surface area contributed by atoms with Crippen LogP contribution in [0, 0.1) is 0 Å². The fourth-order valence-electron chi connectivity index (χ4n) is 1.63. The van der Waals surface area contributed by atoms with E-state index in [9.17, 15) is 0 Å². The van der Waals surface area contributed by atoms with Gasteiger partial charge in [0.25, 0.3) is 0 Å². The maximum atomic E-state index is 5.46. The molecule has 1 aromatic heterocycles. The van der Waals surface area contributed by atoms with Gasteiger partial charge in [0.05, 0.1) is 12.7 Å². The van der Waals surface area contributed by atoms with Crippen molar-refractivity contribution >= 4 is 11.6 Å². The summed E-state index contributed by atoms with van der Waals surface area (Å²) in [5, 5.41) is 3.23. The van der Waals surface area contributed by atoms with Crippen LogP contribution in [0.2, 0.25) is 0 Å². The van der Waals surface area contributed by atoms with Crippen LogP contribution in [0.15, 0.2) is 6.07 Å². The van der Waals surface area contributed by atoms with Gasteiger partial charge in [-0.2, -0.15) is 0 Å². The molecule has 18 heavy (non-hydrogen) atoms. The summed E-state index contributed by atoms with van der Waals surface area (Å²) in [7, 11) is 0. The minimum absolute atomic E-state index is 0.250. The molecular formula is C12H21N5O. The molecule has 2 rings (SSSR count). The molecule has 0 amide bonds. The molecule has 0 spiro atoms. The third-order valence-corrected chi connectivity index (χ3v) is 2.69. The first-order valence-corrected chi connectivity index (χ1v) is 6.40. The number of nitrogens with two attached hydrogens (primary N) is 1. The molecule has 0 aromatic carbocycles. The summed E-state index contributed by atoms with van der Waals surface area (Å²) in [5.74, 6) is 8.24. The van der Waals surface area contributed by atoms with Crippen molar-refractivity contribution in [1.82, 2.24) is 9.97 Å². The second-order valence-electron chi connectivity index (χ2n) is 4.76. The second-order valence-corrected chi connectivity index (χ2v) is 4.76. The first kappa shape index (κ1) is 13.0. The topological polar surface area (TPSA) is 85.1 Å². The SMILES string of the molecule is CC(C)OCCNc1cc(NN)nc(C2CC2)n1. The van der Waals surface area contributed by atoms with Crippen molar-refractivity contribution < 1.29 is 4.74 Å². The predicted molar refractivity (Wildman–Crippen MR) is 71.4 cm³/mol. The number of hydrazine groups is 1. The third kappa shape index (κ3) is 3.82. The van der Waals surface area contributed by atoms with Gasteiger partial charge in [0.2, 0.25) is 0 Å². The molecule has 0 unspecified atom stereocenters. The predicted octanol–water partition coefficient (Wildman–Crippen LogP) is 1.48. The lowest BCUT2D eigenvalue weighted by atomic mass is 10.4. The van der Waals surface area contributed by atoms with Gasteiger partial charge in [-0.1, -0.05) is 0 Å². The van der Waals surface area contributed by atoms with Crippen LogP contribution in [-0.4, -0.2) is 29.2 Å². The zero-order chi connectivity index (χ0) is 13.0. The molecule has 0 saturated heterocycles. The molecule has 6 nitrogen and oxygen atoms in total. The van der Waals surface area contributed by atoms with Crippen molar-refractivity contribution in [3.63, 3.8) is 0 Å². The molecule has 100 valence electrons. The molecule has 0 aliphatic heterocycles. The number of hydrogen-bond acceptors (Lipinski definition) is 6. The van der Waals surface area contributed by atoms with E-state index in [1.165, 1.54) is 12.8 Å². The van der Waals surface area contributed by atoms with E-state index in [0.29, 0.717) is 18.3 Å². The third-order valence-electron chi connectivity index (χ3n) is 2.69. The lowest BCUT2D eigenvalue weighted by Gasteiger charge is -2.11. The quantitative estimate of drug-likeness (QED) is 0.386. The monoisotopic (exact) mass is 251 g/mol. The molecule has 1 heterocycles. The summed E-state index contributed by atoms with van der Waals surface area (Å²) in [4.78, 5) is 8.84. The molecule has 6 heteroatoms. The number of nitrogens with zero attached hydrogens (tertiary/aromatic N) is 2. The van der Waals surface area contributed by atoms with Gasteiger partial charge < -0.3 is 15.5 Å². The Morgan fingerprint density at radius 2 is 2.11 bits per heavy atom. The highest BCUT2D eigenvalue weighted by Gasteiger charge is 2.27. The fraction of sp³-hybridized carbons (Fsp3) is 0.667. The first-order valence-electron chi connectivity index (χ1n) is 6.40. The number of nitrogens with one attached hydrogen (secondary N) is 2. The zero-order valence-corrected chi connectivity index (χ0v) is 10.9. The average Bonchev–Trinajstić information content (AvgIpc) is 3.18. The highest BCUT2D eigenvalue weighted by Crippen LogP contribution is 2.38. The lowest BCUT2D eigenvalue weighted by molar-refractivity contribution is 0.0870. The molecule has 1 fully saturated rings. The van der Waals surface area contributed by atoms with Gasteiger partial charge in [0, 0.05) is 18.5 Å². The minimum atomic E-state index is 0.250.